The third-order valence-electron chi connectivity index (χ3n) is 4.01. The topological polar surface area (TPSA) is 15.3 Å². The van der Waals surface area contributed by atoms with E-state index in [2.05, 4.69) is 79.0 Å². The molecule has 1 N–H and O–H groups in total. The Kier molecular flexibility index (Phi) is 6.43. The van der Waals surface area contributed by atoms with Crippen molar-refractivity contribution in [3.63, 3.8) is 0 Å². The van der Waals surface area contributed by atoms with Crippen molar-refractivity contribution < 1.29 is 0 Å². The number of thiophene rings is 1. The van der Waals surface area contributed by atoms with Crippen LogP contribution in [0.15, 0.2) is 47.8 Å². The van der Waals surface area contributed by atoms with E-state index in [1.807, 2.05) is 11.3 Å². The Balaban J connectivity index is 2.14. The standard InChI is InChI=1S/C18H26N2S/c1-4-12-19-14-17(16-9-6-5-7-10-16)20(3)15(2)18-11-8-13-21-18/h5-11,13,15,17,19H,4,12,14H2,1-3H3. The number of hydrogen-bond acceptors (Lipinski definition) is 3. The van der Waals surface area contributed by atoms with Gasteiger partial charge in [0.05, 0.1) is 0 Å². The molecule has 114 valence electrons. The Morgan fingerprint density at radius 1 is 1.14 bits per heavy atom. The van der Waals surface area contributed by atoms with Crippen LogP contribution in [0.1, 0.15) is 42.8 Å². The van der Waals surface area contributed by atoms with Gasteiger partial charge in [-0.15, -0.1) is 11.3 Å². The van der Waals surface area contributed by atoms with Crippen LogP contribution < -0.4 is 5.32 Å². The molecule has 0 radical (unpaired) electrons. The van der Waals surface area contributed by atoms with Gasteiger partial charge in [-0.1, -0.05) is 43.3 Å². The minimum Gasteiger partial charge on any atom is -0.315 e. The van der Waals surface area contributed by atoms with Gasteiger partial charge in [0.1, 0.15) is 0 Å². The average molecular weight is 302 g/mol. The van der Waals surface area contributed by atoms with Crippen LogP contribution >= 0.6 is 11.3 Å². The zero-order chi connectivity index (χ0) is 15.1. The number of nitrogens with zero attached hydrogens (tertiary/aromatic N) is 1. The van der Waals surface area contributed by atoms with Crippen LogP contribution in [-0.2, 0) is 0 Å². The highest BCUT2D eigenvalue weighted by Crippen LogP contribution is 2.30. The molecule has 0 aliphatic carbocycles. The molecule has 2 rings (SSSR count). The highest BCUT2D eigenvalue weighted by molar-refractivity contribution is 7.10. The molecule has 2 unspecified atom stereocenters. The van der Waals surface area contributed by atoms with Crippen molar-refractivity contribution in [1.82, 2.24) is 10.2 Å². The Morgan fingerprint density at radius 2 is 1.90 bits per heavy atom. The summed E-state index contributed by atoms with van der Waals surface area (Å²) in [6, 6.07) is 16.0. The summed E-state index contributed by atoms with van der Waals surface area (Å²) in [7, 11) is 2.23. The lowest BCUT2D eigenvalue weighted by molar-refractivity contribution is 0.184. The third kappa shape index (κ3) is 4.40. The fraction of sp³-hybridized carbons (Fsp3) is 0.444. The van der Waals surface area contributed by atoms with E-state index in [4.69, 9.17) is 0 Å². The Labute approximate surface area is 132 Å². The SMILES string of the molecule is CCCNCC(c1ccccc1)N(C)C(C)c1cccs1. The number of hydrogen-bond donors (Lipinski definition) is 1. The van der Waals surface area contributed by atoms with Crippen LogP contribution in [0.25, 0.3) is 0 Å². The smallest absolute Gasteiger partial charge is 0.0475 e. The Hall–Kier alpha value is -1.16. The molecule has 21 heavy (non-hydrogen) atoms. The maximum atomic E-state index is 3.58. The minimum absolute atomic E-state index is 0.398. The molecule has 1 heterocycles. The van der Waals surface area contributed by atoms with E-state index in [9.17, 15) is 0 Å². The van der Waals surface area contributed by atoms with Crippen LogP contribution in [-0.4, -0.2) is 25.0 Å². The zero-order valence-corrected chi connectivity index (χ0v) is 14.1. The van der Waals surface area contributed by atoms with Crippen molar-refractivity contribution in [3.8, 4) is 0 Å². The van der Waals surface area contributed by atoms with Crippen LogP contribution in [0.2, 0.25) is 0 Å². The summed E-state index contributed by atoms with van der Waals surface area (Å²) < 4.78 is 0. The van der Waals surface area contributed by atoms with E-state index < -0.39 is 0 Å². The lowest BCUT2D eigenvalue weighted by Gasteiger charge is -2.33. The van der Waals surface area contributed by atoms with E-state index in [1.54, 1.807) is 0 Å². The number of likely N-dealkylation sites (N-methyl/N-ethyl adjacent to an activating group) is 1. The maximum Gasteiger partial charge on any atom is 0.0475 e. The minimum atomic E-state index is 0.398. The molecule has 0 fully saturated rings. The van der Waals surface area contributed by atoms with Crippen LogP contribution in [0.4, 0.5) is 0 Å². The van der Waals surface area contributed by atoms with Crippen molar-refractivity contribution in [2.24, 2.45) is 0 Å². The second-order valence-corrected chi connectivity index (χ2v) is 6.47. The number of nitrogens with one attached hydrogen (secondary N) is 1. The van der Waals surface area contributed by atoms with Gasteiger partial charge in [0, 0.05) is 23.5 Å². The molecule has 2 aromatic rings. The number of benzene rings is 1. The molecular weight excluding hydrogens is 276 g/mol. The molecule has 1 aromatic heterocycles. The first-order chi connectivity index (χ1) is 10.2. The highest BCUT2D eigenvalue weighted by Gasteiger charge is 2.22. The zero-order valence-electron chi connectivity index (χ0n) is 13.3. The number of rotatable bonds is 8. The summed E-state index contributed by atoms with van der Waals surface area (Å²) in [6.07, 6.45) is 1.17. The second kappa shape index (κ2) is 8.32. The maximum absolute atomic E-state index is 3.58. The first-order valence-electron chi connectivity index (χ1n) is 7.75. The first kappa shape index (κ1) is 16.2. The van der Waals surface area contributed by atoms with Gasteiger partial charge in [0.15, 0.2) is 0 Å². The van der Waals surface area contributed by atoms with Gasteiger partial charge in [0.2, 0.25) is 0 Å². The molecule has 1 aromatic carbocycles. The Morgan fingerprint density at radius 3 is 2.52 bits per heavy atom. The van der Waals surface area contributed by atoms with Gasteiger partial charge in [-0.25, -0.2) is 0 Å². The summed E-state index contributed by atoms with van der Waals surface area (Å²) in [4.78, 5) is 3.90. The highest BCUT2D eigenvalue weighted by atomic mass is 32.1. The summed E-state index contributed by atoms with van der Waals surface area (Å²) >= 11 is 1.84. The summed E-state index contributed by atoms with van der Waals surface area (Å²) in [6.45, 7) is 6.57. The first-order valence-corrected chi connectivity index (χ1v) is 8.63. The normalized spacial score (nSPS) is 14.3. The van der Waals surface area contributed by atoms with Crippen molar-refractivity contribution >= 4 is 11.3 Å². The van der Waals surface area contributed by atoms with Crippen LogP contribution in [0, 0.1) is 0 Å². The van der Waals surface area contributed by atoms with Crippen LogP contribution in [0.5, 0.6) is 0 Å². The van der Waals surface area contributed by atoms with E-state index in [1.165, 1.54) is 16.9 Å². The summed E-state index contributed by atoms with van der Waals surface area (Å²) in [5, 5.41) is 5.74. The van der Waals surface area contributed by atoms with Gasteiger partial charge in [-0.2, -0.15) is 0 Å². The molecule has 0 bridgehead atoms. The van der Waals surface area contributed by atoms with Crippen LogP contribution in [0.3, 0.4) is 0 Å². The average Bonchev–Trinajstić information content (AvgIpc) is 3.05. The van der Waals surface area contributed by atoms with E-state index in [-0.39, 0.29) is 0 Å². The predicted octanol–water partition coefficient (Wildman–Crippen LogP) is 4.48. The van der Waals surface area contributed by atoms with E-state index >= 15 is 0 Å². The van der Waals surface area contributed by atoms with Gasteiger partial charge >= 0.3 is 0 Å². The second-order valence-electron chi connectivity index (χ2n) is 5.49. The van der Waals surface area contributed by atoms with Gasteiger partial charge < -0.3 is 5.32 Å². The molecule has 0 amide bonds. The van der Waals surface area contributed by atoms with Crippen molar-refractivity contribution in [2.75, 3.05) is 20.1 Å². The van der Waals surface area contributed by atoms with Crippen molar-refractivity contribution in [1.29, 1.82) is 0 Å². The summed E-state index contributed by atoms with van der Waals surface area (Å²) in [5.74, 6) is 0. The lowest BCUT2D eigenvalue weighted by atomic mass is 10.0. The van der Waals surface area contributed by atoms with E-state index in [0.717, 1.165) is 13.1 Å². The fourth-order valence-corrected chi connectivity index (χ4v) is 3.42. The molecule has 2 atom stereocenters. The van der Waals surface area contributed by atoms with Crippen molar-refractivity contribution in [2.45, 2.75) is 32.4 Å². The molecule has 0 aliphatic rings. The molecule has 0 spiro atoms. The van der Waals surface area contributed by atoms with E-state index in [0.29, 0.717) is 12.1 Å². The lowest BCUT2D eigenvalue weighted by Crippen LogP contribution is -2.35. The van der Waals surface area contributed by atoms with Crippen molar-refractivity contribution in [3.05, 3.63) is 58.3 Å². The molecule has 0 saturated carbocycles. The van der Waals surface area contributed by atoms with Gasteiger partial charge in [-0.05, 0) is 43.9 Å². The molecule has 0 saturated heterocycles. The third-order valence-corrected chi connectivity index (χ3v) is 5.05. The van der Waals surface area contributed by atoms with Gasteiger partial charge in [-0.3, -0.25) is 4.90 Å². The largest absolute Gasteiger partial charge is 0.315 e. The Bertz CT molecular complexity index is 495. The predicted molar refractivity (Wildman–Crippen MR) is 92.8 cm³/mol. The summed E-state index contributed by atoms with van der Waals surface area (Å²) in [5.41, 5.74) is 1.38. The molecule has 3 heteroatoms. The molecule has 0 aliphatic heterocycles. The quantitative estimate of drug-likeness (QED) is 0.723. The molecular formula is C18H26N2S. The fourth-order valence-electron chi connectivity index (χ4n) is 2.59. The monoisotopic (exact) mass is 302 g/mol. The van der Waals surface area contributed by atoms with Gasteiger partial charge in [0.25, 0.3) is 0 Å². The molecule has 2 nitrogen and oxygen atoms in total.